The van der Waals surface area contributed by atoms with E-state index >= 15 is 0 Å². The average molecular weight is 220 g/mol. The number of hydrogen-bond acceptors (Lipinski definition) is 3. The van der Waals surface area contributed by atoms with E-state index in [1.165, 1.54) is 0 Å². The fourth-order valence-corrected chi connectivity index (χ4v) is 1.31. The zero-order valence-electron chi connectivity index (χ0n) is 7.59. The van der Waals surface area contributed by atoms with Gasteiger partial charge < -0.3 is 0 Å². The molecular formula is C8H11Cl2N3. The minimum atomic E-state index is 0.165. The lowest BCUT2D eigenvalue weighted by molar-refractivity contribution is 0.542. The highest BCUT2D eigenvalue weighted by Crippen LogP contribution is 2.11. The second kappa shape index (κ2) is 4.72. The highest BCUT2D eigenvalue weighted by atomic mass is 35.5. The molecule has 3 nitrogen and oxygen atoms in total. The normalized spacial score (nSPS) is 12.9. The van der Waals surface area contributed by atoms with Crippen LogP contribution in [0.15, 0.2) is 0 Å². The summed E-state index contributed by atoms with van der Waals surface area (Å²) in [4.78, 5) is 11.6. The Hall–Kier alpha value is -0.410. The second-order valence-corrected chi connectivity index (χ2v) is 3.68. The molecule has 0 aromatic carbocycles. The van der Waals surface area contributed by atoms with Gasteiger partial charge in [0.2, 0.25) is 10.6 Å². The van der Waals surface area contributed by atoms with Crippen molar-refractivity contribution in [1.29, 1.82) is 0 Å². The van der Waals surface area contributed by atoms with E-state index in [0.717, 1.165) is 12.8 Å². The van der Waals surface area contributed by atoms with Gasteiger partial charge in [0.1, 0.15) is 5.82 Å². The third-order valence-corrected chi connectivity index (χ3v) is 2.19. The molecule has 0 bridgehead atoms. The van der Waals surface area contributed by atoms with Gasteiger partial charge in [-0.15, -0.1) is 0 Å². The Morgan fingerprint density at radius 1 is 1.15 bits per heavy atom. The lowest BCUT2D eigenvalue weighted by atomic mass is 10.1. The summed E-state index contributed by atoms with van der Waals surface area (Å²) in [5.74, 6) is 1.20. The molecule has 0 aliphatic heterocycles. The van der Waals surface area contributed by atoms with Crippen molar-refractivity contribution in [3.8, 4) is 0 Å². The van der Waals surface area contributed by atoms with Gasteiger partial charge in [-0.25, -0.2) is 9.97 Å². The number of aromatic nitrogens is 3. The summed E-state index contributed by atoms with van der Waals surface area (Å²) in [6.45, 7) is 4.25. The van der Waals surface area contributed by atoms with Crippen molar-refractivity contribution < 1.29 is 0 Å². The molecule has 1 aromatic heterocycles. The average Bonchev–Trinajstić information content (AvgIpc) is 2.02. The van der Waals surface area contributed by atoms with E-state index in [-0.39, 0.29) is 10.6 Å². The molecule has 0 fully saturated rings. The molecule has 0 N–H and O–H groups in total. The van der Waals surface area contributed by atoms with Gasteiger partial charge in [0.05, 0.1) is 0 Å². The minimum Gasteiger partial charge on any atom is -0.203 e. The maximum absolute atomic E-state index is 5.63. The number of halogens is 2. The van der Waals surface area contributed by atoms with Crippen LogP contribution in [0.3, 0.4) is 0 Å². The van der Waals surface area contributed by atoms with Crippen LogP contribution in [0.5, 0.6) is 0 Å². The van der Waals surface area contributed by atoms with Gasteiger partial charge >= 0.3 is 0 Å². The van der Waals surface area contributed by atoms with E-state index in [4.69, 9.17) is 23.2 Å². The first-order valence-electron chi connectivity index (χ1n) is 4.17. The summed E-state index contributed by atoms with van der Waals surface area (Å²) >= 11 is 11.3. The summed E-state index contributed by atoms with van der Waals surface area (Å²) in [6, 6.07) is 0. The number of hydrogen-bond donors (Lipinski definition) is 0. The Kier molecular flexibility index (Phi) is 3.88. The van der Waals surface area contributed by atoms with Crippen molar-refractivity contribution >= 4 is 23.2 Å². The van der Waals surface area contributed by atoms with Crippen molar-refractivity contribution in [3.05, 3.63) is 16.4 Å². The summed E-state index contributed by atoms with van der Waals surface area (Å²) in [7, 11) is 0. The van der Waals surface area contributed by atoms with Crippen molar-refractivity contribution in [2.24, 2.45) is 5.92 Å². The van der Waals surface area contributed by atoms with E-state index < -0.39 is 0 Å². The van der Waals surface area contributed by atoms with E-state index in [0.29, 0.717) is 11.7 Å². The van der Waals surface area contributed by atoms with Gasteiger partial charge in [-0.1, -0.05) is 20.3 Å². The van der Waals surface area contributed by atoms with E-state index in [9.17, 15) is 0 Å². The molecule has 0 saturated heterocycles. The Bertz CT molecular complexity index is 270. The van der Waals surface area contributed by atoms with Crippen molar-refractivity contribution in [2.45, 2.75) is 26.7 Å². The van der Waals surface area contributed by atoms with Crippen molar-refractivity contribution in [1.82, 2.24) is 15.0 Å². The van der Waals surface area contributed by atoms with Crippen LogP contribution in [0.1, 0.15) is 26.1 Å². The predicted octanol–water partition coefficient (Wildman–Crippen LogP) is 2.77. The van der Waals surface area contributed by atoms with Crippen LogP contribution >= 0.6 is 23.2 Å². The molecule has 0 radical (unpaired) electrons. The molecule has 13 heavy (non-hydrogen) atoms. The molecule has 0 aliphatic carbocycles. The lowest BCUT2D eigenvalue weighted by Gasteiger charge is -2.06. The highest BCUT2D eigenvalue weighted by molar-refractivity contribution is 6.30. The quantitative estimate of drug-likeness (QED) is 0.786. The first-order chi connectivity index (χ1) is 6.11. The minimum absolute atomic E-state index is 0.165. The first-order valence-corrected chi connectivity index (χ1v) is 4.93. The van der Waals surface area contributed by atoms with Gasteiger partial charge in [0.25, 0.3) is 0 Å². The largest absolute Gasteiger partial charge is 0.226 e. The first kappa shape index (κ1) is 10.7. The molecule has 5 heteroatoms. The molecular weight excluding hydrogens is 209 g/mol. The topological polar surface area (TPSA) is 38.7 Å². The van der Waals surface area contributed by atoms with E-state index in [1.54, 1.807) is 0 Å². The molecule has 72 valence electrons. The molecule has 1 heterocycles. The number of rotatable bonds is 3. The zero-order valence-corrected chi connectivity index (χ0v) is 9.10. The molecule has 0 amide bonds. The van der Waals surface area contributed by atoms with Crippen LogP contribution in [-0.4, -0.2) is 15.0 Å². The number of nitrogens with zero attached hydrogens (tertiary/aromatic N) is 3. The predicted molar refractivity (Wildman–Crippen MR) is 53.0 cm³/mol. The van der Waals surface area contributed by atoms with Gasteiger partial charge in [-0.2, -0.15) is 4.98 Å². The smallest absolute Gasteiger partial charge is 0.203 e. The van der Waals surface area contributed by atoms with Gasteiger partial charge in [0.15, 0.2) is 0 Å². The molecule has 1 aromatic rings. The van der Waals surface area contributed by atoms with Gasteiger partial charge in [-0.3, -0.25) is 0 Å². The Morgan fingerprint density at radius 2 is 1.69 bits per heavy atom. The zero-order chi connectivity index (χ0) is 9.84. The monoisotopic (exact) mass is 219 g/mol. The van der Waals surface area contributed by atoms with Crippen molar-refractivity contribution in [2.75, 3.05) is 0 Å². The van der Waals surface area contributed by atoms with Crippen LogP contribution in [0.4, 0.5) is 0 Å². The van der Waals surface area contributed by atoms with Crippen LogP contribution in [0.25, 0.3) is 0 Å². The SMILES string of the molecule is CC[C@H](C)Cc1nc(Cl)nc(Cl)n1. The Morgan fingerprint density at radius 3 is 2.15 bits per heavy atom. The fourth-order valence-electron chi connectivity index (χ4n) is 0.911. The van der Waals surface area contributed by atoms with E-state index in [1.807, 2.05) is 0 Å². The molecule has 1 rings (SSSR count). The highest BCUT2D eigenvalue weighted by Gasteiger charge is 2.06. The third kappa shape index (κ3) is 3.44. The summed E-state index contributed by atoms with van der Waals surface area (Å²) in [5, 5.41) is 0.330. The van der Waals surface area contributed by atoms with E-state index in [2.05, 4.69) is 28.8 Å². The summed E-state index contributed by atoms with van der Waals surface area (Å²) < 4.78 is 0. The van der Waals surface area contributed by atoms with Gasteiger partial charge in [0, 0.05) is 6.42 Å². The van der Waals surface area contributed by atoms with Crippen molar-refractivity contribution in [3.63, 3.8) is 0 Å². The molecule has 0 saturated carbocycles. The standard InChI is InChI=1S/C8H11Cl2N3/c1-3-5(2)4-6-11-7(9)13-8(10)12-6/h5H,3-4H2,1-2H3/t5-/m0/s1. The van der Waals surface area contributed by atoms with Crippen LogP contribution in [0, 0.1) is 5.92 Å². The summed E-state index contributed by atoms with van der Waals surface area (Å²) in [5.41, 5.74) is 0. The molecule has 0 spiro atoms. The Balaban J connectivity index is 2.77. The van der Waals surface area contributed by atoms with Gasteiger partial charge in [-0.05, 0) is 29.1 Å². The maximum atomic E-state index is 5.63. The van der Waals surface area contributed by atoms with Crippen LogP contribution in [-0.2, 0) is 6.42 Å². The fraction of sp³-hybridized carbons (Fsp3) is 0.625. The molecule has 0 aliphatic rings. The van der Waals surface area contributed by atoms with Crippen LogP contribution < -0.4 is 0 Å². The third-order valence-electron chi connectivity index (χ3n) is 1.86. The lowest BCUT2D eigenvalue weighted by Crippen LogP contribution is -2.04. The molecule has 0 unspecified atom stereocenters. The molecule has 1 atom stereocenters. The van der Waals surface area contributed by atoms with Crippen LogP contribution in [0.2, 0.25) is 10.6 Å². The summed E-state index contributed by atoms with van der Waals surface area (Å²) in [6.07, 6.45) is 1.87. The second-order valence-electron chi connectivity index (χ2n) is 3.01. The Labute approximate surface area is 87.5 Å². The maximum Gasteiger partial charge on any atom is 0.226 e.